The van der Waals surface area contributed by atoms with Crippen LogP contribution in [0, 0.1) is 5.92 Å². The van der Waals surface area contributed by atoms with Crippen LogP contribution in [0.3, 0.4) is 0 Å². The number of nitrogens with two attached hydrogens (primary N) is 1. The monoisotopic (exact) mass is 252 g/mol. The fourth-order valence-corrected chi connectivity index (χ4v) is 2.20. The number of carbonyl (C=O) groups excluding carboxylic acids is 1. The summed E-state index contributed by atoms with van der Waals surface area (Å²) in [4.78, 5) is 12.1. The molecule has 3 nitrogen and oxygen atoms in total. The maximum absolute atomic E-state index is 12.1. The van der Waals surface area contributed by atoms with Gasteiger partial charge in [-0.25, -0.2) is 0 Å². The Labute approximate surface area is 106 Å². The van der Waals surface area contributed by atoms with E-state index >= 15 is 0 Å². The number of rotatable bonds is 3. The van der Waals surface area contributed by atoms with E-state index in [-0.39, 0.29) is 11.4 Å². The van der Waals surface area contributed by atoms with Crippen LogP contribution in [-0.4, -0.2) is 11.4 Å². The third kappa shape index (κ3) is 2.55. The minimum atomic E-state index is -0.176. The van der Waals surface area contributed by atoms with Crippen molar-refractivity contribution in [3.05, 3.63) is 28.8 Å². The van der Waals surface area contributed by atoms with Gasteiger partial charge >= 0.3 is 0 Å². The average Bonchev–Trinajstić information content (AvgIpc) is 3.04. The van der Waals surface area contributed by atoms with E-state index in [1.54, 1.807) is 18.2 Å². The number of carbonyl (C=O) groups is 1. The van der Waals surface area contributed by atoms with E-state index in [0.29, 0.717) is 22.2 Å². The van der Waals surface area contributed by atoms with Gasteiger partial charge in [-0.1, -0.05) is 17.7 Å². The van der Waals surface area contributed by atoms with Crippen molar-refractivity contribution >= 4 is 23.2 Å². The summed E-state index contributed by atoms with van der Waals surface area (Å²) < 4.78 is 0. The molecule has 4 heteroatoms. The third-order valence-electron chi connectivity index (χ3n) is 3.31. The maximum Gasteiger partial charge on any atom is 0.253 e. The standard InChI is InChI=1S/C13H17ClN2O/c1-13(2,8-6-7-8)16-12(17)9-4-3-5-10(15)11(9)14/h3-5,8H,6-7,15H2,1-2H3,(H,16,17). The molecule has 0 saturated heterocycles. The lowest BCUT2D eigenvalue weighted by atomic mass is 9.98. The summed E-state index contributed by atoms with van der Waals surface area (Å²) in [6, 6.07) is 5.11. The Morgan fingerprint density at radius 2 is 2.12 bits per heavy atom. The molecule has 0 heterocycles. The van der Waals surface area contributed by atoms with Crippen LogP contribution in [0.25, 0.3) is 0 Å². The number of benzene rings is 1. The fourth-order valence-electron chi connectivity index (χ4n) is 1.99. The summed E-state index contributed by atoms with van der Waals surface area (Å²) in [5.74, 6) is 0.422. The Morgan fingerprint density at radius 1 is 1.47 bits per heavy atom. The zero-order valence-electron chi connectivity index (χ0n) is 10.1. The average molecular weight is 253 g/mol. The lowest BCUT2D eigenvalue weighted by molar-refractivity contribution is 0.0903. The van der Waals surface area contributed by atoms with Crippen molar-refractivity contribution in [1.29, 1.82) is 0 Å². The molecule has 1 amide bonds. The first-order valence-corrected chi connectivity index (χ1v) is 6.16. The van der Waals surface area contributed by atoms with Crippen molar-refractivity contribution < 1.29 is 4.79 Å². The van der Waals surface area contributed by atoms with Gasteiger partial charge < -0.3 is 11.1 Å². The van der Waals surface area contributed by atoms with E-state index in [4.69, 9.17) is 17.3 Å². The van der Waals surface area contributed by atoms with E-state index in [1.807, 2.05) is 13.8 Å². The smallest absolute Gasteiger partial charge is 0.253 e. The lowest BCUT2D eigenvalue weighted by Crippen LogP contribution is -2.45. The summed E-state index contributed by atoms with van der Waals surface area (Å²) >= 11 is 6.03. The largest absolute Gasteiger partial charge is 0.398 e. The highest BCUT2D eigenvalue weighted by atomic mass is 35.5. The van der Waals surface area contributed by atoms with E-state index in [2.05, 4.69) is 5.32 Å². The molecule has 1 aromatic rings. The molecule has 0 aromatic heterocycles. The Balaban J connectivity index is 2.17. The minimum Gasteiger partial charge on any atom is -0.398 e. The summed E-state index contributed by atoms with van der Waals surface area (Å²) in [6.45, 7) is 4.09. The highest BCUT2D eigenvalue weighted by Crippen LogP contribution is 2.39. The summed E-state index contributed by atoms with van der Waals surface area (Å²) in [6.07, 6.45) is 2.36. The first-order chi connectivity index (χ1) is 7.92. The van der Waals surface area contributed by atoms with Gasteiger partial charge in [0.05, 0.1) is 16.3 Å². The molecular formula is C13H17ClN2O. The van der Waals surface area contributed by atoms with Crippen LogP contribution in [0.2, 0.25) is 5.02 Å². The van der Waals surface area contributed by atoms with Gasteiger partial charge in [0.2, 0.25) is 0 Å². The Kier molecular flexibility index (Phi) is 3.04. The van der Waals surface area contributed by atoms with Gasteiger partial charge in [-0.2, -0.15) is 0 Å². The van der Waals surface area contributed by atoms with Crippen LogP contribution < -0.4 is 11.1 Å². The van der Waals surface area contributed by atoms with Gasteiger partial charge in [0.15, 0.2) is 0 Å². The van der Waals surface area contributed by atoms with Crippen molar-refractivity contribution in [3.8, 4) is 0 Å². The molecule has 3 N–H and O–H groups in total. The molecule has 0 atom stereocenters. The van der Waals surface area contributed by atoms with Gasteiger partial charge in [-0.3, -0.25) is 4.79 Å². The number of anilines is 1. The molecule has 0 unspecified atom stereocenters. The van der Waals surface area contributed by atoms with Crippen molar-refractivity contribution in [1.82, 2.24) is 5.32 Å². The van der Waals surface area contributed by atoms with Crippen molar-refractivity contribution in [2.45, 2.75) is 32.2 Å². The molecule has 0 aliphatic heterocycles. The minimum absolute atomic E-state index is 0.154. The number of hydrogen-bond acceptors (Lipinski definition) is 2. The highest BCUT2D eigenvalue weighted by Gasteiger charge is 2.39. The molecular weight excluding hydrogens is 236 g/mol. The summed E-state index contributed by atoms with van der Waals surface area (Å²) in [7, 11) is 0. The number of halogens is 1. The van der Waals surface area contributed by atoms with Crippen molar-refractivity contribution in [3.63, 3.8) is 0 Å². The number of nitrogen functional groups attached to an aromatic ring is 1. The van der Waals surface area contributed by atoms with E-state index in [1.165, 1.54) is 12.8 Å². The lowest BCUT2D eigenvalue weighted by Gasteiger charge is -2.26. The van der Waals surface area contributed by atoms with E-state index in [0.717, 1.165) is 0 Å². The van der Waals surface area contributed by atoms with Crippen molar-refractivity contribution in [2.75, 3.05) is 5.73 Å². The van der Waals surface area contributed by atoms with E-state index in [9.17, 15) is 4.79 Å². The Morgan fingerprint density at radius 3 is 2.71 bits per heavy atom. The van der Waals surface area contributed by atoms with Crippen LogP contribution in [0.1, 0.15) is 37.0 Å². The van der Waals surface area contributed by atoms with Crippen LogP contribution in [0.4, 0.5) is 5.69 Å². The zero-order chi connectivity index (χ0) is 12.6. The molecule has 1 aliphatic carbocycles. The van der Waals surface area contributed by atoms with Gasteiger partial charge in [0, 0.05) is 5.54 Å². The SMILES string of the molecule is CC(C)(NC(=O)c1cccc(N)c1Cl)C1CC1. The highest BCUT2D eigenvalue weighted by molar-refractivity contribution is 6.36. The molecule has 1 saturated carbocycles. The molecule has 0 spiro atoms. The second-order valence-electron chi connectivity index (χ2n) is 5.16. The number of nitrogens with one attached hydrogen (secondary N) is 1. The first-order valence-electron chi connectivity index (χ1n) is 5.78. The molecule has 1 fully saturated rings. The van der Waals surface area contributed by atoms with E-state index < -0.39 is 0 Å². The van der Waals surface area contributed by atoms with Gasteiger partial charge in [0.25, 0.3) is 5.91 Å². The second-order valence-corrected chi connectivity index (χ2v) is 5.54. The molecule has 92 valence electrons. The number of amides is 1. The first kappa shape index (κ1) is 12.2. The topological polar surface area (TPSA) is 55.1 Å². The summed E-state index contributed by atoms with van der Waals surface area (Å²) in [5.41, 5.74) is 6.39. The van der Waals surface area contributed by atoms with Gasteiger partial charge in [-0.05, 0) is 44.7 Å². The van der Waals surface area contributed by atoms with Crippen LogP contribution in [-0.2, 0) is 0 Å². The van der Waals surface area contributed by atoms with Crippen LogP contribution >= 0.6 is 11.6 Å². The second kappa shape index (κ2) is 4.22. The van der Waals surface area contributed by atoms with Crippen molar-refractivity contribution in [2.24, 2.45) is 5.92 Å². The zero-order valence-corrected chi connectivity index (χ0v) is 10.8. The molecule has 17 heavy (non-hydrogen) atoms. The molecule has 2 rings (SSSR count). The molecule has 0 bridgehead atoms. The quantitative estimate of drug-likeness (QED) is 0.813. The van der Waals surface area contributed by atoms with Gasteiger partial charge in [0.1, 0.15) is 0 Å². The normalized spacial score (nSPS) is 15.7. The predicted octanol–water partition coefficient (Wildman–Crippen LogP) is 2.84. The Hall–Kier alpha value is -1.22. The fraction of sp³-hybridized carbons (Fsp3) is 0.462. The van der Waals surface area contributed by atoms with Crippen LogP contribution in [0.15, 0.2) is 18.2 Å². The third-order valence-corrected chi connectivity index (χ3v) is 3.73. The number of hydrogen-bond donors (Lipinski definition) is 2. The van der Waals surface area contributed by atoms with Crippen LogP contribution in [0.5, 0.6) is 0 Å². The molecule has 0 radical (unpaired) electrons. The molecule has 1 aliphatic rings. The predicted molar refractivity (Wildman–Crippen MR) is 70.1 cm³/mol. The van der Waals surface area contributed by atoms with Gasteiger partial charge in [-0.15, -0.1) is 0 Å². The maximum atomic E-state index is 12.1. The Bertz CT molecular complexity index is 453. The molecule has 1 aromatic carbocycles. The summed E-state index contributed by atoms with van der Waals surface area (Å²) in [5, 5.41) is 3.35.